The van der Waals surface area contributed by atoms with Crippen LogP contribution in [0.4, 0.5) is 0 Å². The zero-order chi connectivity index (χ0) is 11.4. The SMILES string of the molecule is Ic1ccnc2nc3c4ccccc4[nH]c3n12. The fraction of sp³-hybridized carbons (Fsp3) is 0. The Morgan fingerprint density at radius 1 is 1.18 bits per heavy atom. The van der Waals surface area contributed by atoms with Gasteiger partial charge in [0.1, 0.15) is 11.2 Å². The van der Waals surface area contributed by atoms with Crippen molar-refractivity contribution in [2.45, 2.75) is 0 Å². The molecule has 4 aromatic rings. The van der Waals surface area contributed by atoms with Gasteiger partial charge in [-0.15, -0.1) is 0 Å². The van der Waals surface area contributed by atoms with Gasteiger partial charge in [0.15, 0.2) is 0 Å². The van der Waals surface area contributed by atoms with Gasteiger partial charge in [-0.05, 0) is 34.7 Å². The lowest BCUT2D eigenvalue weighted by Crippen LogP contribution is -1.92. The minimum Gasteiger partial charge on any atom is -0.339 e. The predicted molar refractivity (Wildman–Crippen MR) is 75.1 cm³/mol. The Morgan fingerprint density at radius 2 is 2.06 bits per heavy atom. The van der Waals surface area contributed by atoms with Gasteiger partial charge in [0.05, 0.1) is 3.70 Å². The highest BCUT2D eigenvalue weighted by atomic mass is 127. The average molecular weight is 334 g/mol. The average Bonchev–Trinajstić information content (AvgIpc) is 2.85. The lowest BCUT2D eigenvalue weighted by molar-refractivity contribution is 1.08. The Kier molecular flexibility index (Phi) is 1.77. The Balaban J connectivity index is 2.35. The van der Waals surface area contributed by atoms with Crippen molar-refractivity contribution in [2.75, 3.05) is 0 Å². The molecule has 82 valence electrons. The second-order valence-electron chi connectivity index (χ2n) is 3.88. The van der Waals surface area contributed by atoms with Crippen molar-refractivity contribution in [3.63, 3.8) is 0 Å². The molecule has 3 heterocycles. The number of rotatable bonds is 0. The predicted octanol–water partition coefficient (Wildman–Crippen LogP) is 2.97. The van der Waals surface area contributed by atoms with Crippen molar-refractivity contribution < 1.29 is 0 Å². The van der Waals surface area contributed by atoms with Gasteiger partial charge in [-0.2, -0.15) is 0 Å². The third-order valence-electron chi connectivity index (χ3n) is 2.91. The molecule has 0 saturated heterocycles. The Bertz CT molecular complexity index is 859. The first-order valence-electron chi connectivity index (χ1n) is 5.24. The molecule has 0 aliphatic rings. The maximum Gasteiger partial charge on any atom is 0.236 e. The Morgan fingerprint density at radius 3 is 3.00 bits per heavy atom. The molecule has 3 aromatic heterocycles. The van der Waals surface area contributed by atoms with Crippen molar-refractivity contribution in [2.24, 2.45) is 0 Å². The minimum atomic E-state index is 0.740. The number of H-pyrrole nitrogens is 1. The molecule has 0 fully saturated rings. The third-order valence-corrected chi connectivity index (χ3v) is 3.75. The van der Waals surface area contributed by atoms with E-state index in [2.05, 4.69) is 49.7 Å². The first-order chi connectivity index (χ1) is 8.34. The standard InChI is InChI=1S/C12H7IN4/c13-9-5-6-14-12-16-10-7-3-1-2-4-8(7)15-11(10)17(9)12/h1-6,15H. The highest BCUT2D eigenvalue weighted by Gasteiger charge is 2.12. The summed E-state index contributed by atoms with van der Waals surface area (Å²) in [4.78, 5) is 12.3. The van der Waals surface area contributed by atoms with Crippen molar-refractivity contribution >= 4 is 50.4 Å². The highest BCUT2D eigenvalue weighted by molar-refractivity contribution is 14.1. The van der Waals surface area contributed by atoms with Crippen LogP contribution >= 0.6 is 22.6 Å². The van der Waals surface area contributed by atoms with Gasteiger partial charge in [0.2, 0.25) is 5.78 Å². The smallest absolute Gasteiger partial charge is 0.236 e. The lowest BCUT2D eigenvalue weighted by atomic mass is 10.2. The van der Waals surface area contributed by atoms with Crippen LogP contribution in [0, 0.1) is 3.70 Å². The molecule has 0 aliphatic carbocycles. The summed E-state index contributed by atoms with van der Waals surface area (Å²) in [6.07, 6.45) is 1.78. The van der Waals surface area contributed by atoms with Crippen molar-refractivity contribution in [3.8, 4) is 0 Å². The van der Waals surface area contributed by atoms with E-state index in [-0.39, 0.29) is 0 Å². The van der Waals surface area contributed by atoms with E-state index in [0.29, 0.717) is 0 Å². The first kappa shape index (κ1) is 9.41. The van der Waals surface area contributed by atoms with Crippen molar-refractivity contribution in [1.29, 1.82) is 0 Å². The van der Waals surface area contributed by atoms with E-state index in [0.717, 1.165) is 31.5 Å². The van der Waals surface area contributed by atoms with Crippen LogP contribution in [0.3, 0.4) is 0 Å². The molecule has 1 aromatic carbocycles. The van der Waals surface area contributed by atoms with Crippen LogP contribution in [0.1, 0.15) is 0 Å². The minimum absolute atomic E-state index is 0.740. The van der Waals surface area contributed by atoms with E-state index < -0.39 is 0 Å². The van der Waals surface area contributed by atoms with Gasteiger partial charge in [-0.3, -0.25) is 4.40 Å². The molecule has 0 bridgehead atoms. The maximum atomic E-state index is 4.58. The summed E-state index contributed by atoms with van der Waals surface area (Å²) < 4.78 is 3.14. The number of nitrogens with zero attached hydrogens (tertiary/aromatic N) is 3. The number of aromatic nitrogens is 4. The molecule has 0 saturated carbocycles. The van der Waals surface area contributed by atoms with E-state index in [1.165, 1.54) is 0 Å². The van der Waals surface area contributed by atoms with Crippen molar-refractivity contribution in [3.05, 3.63) is 40.2 Å². The summed E-state index contributed by atoms with van der Waals surface area (Å²) in [5, 5.41) is 1.14. The number of nitrogens with one attached hydrogen (secondary N) is 1. The summed E-state index contributed by atoms with van der Waals surface area (Å²) in [6.45, 7) is 0. The number of hydrogen-bond donors (Lipinski definition) is 1. The molecule has 4 nitrogen and oxygen atoms in total. The van der Waals surface area contributed by atoms with Gasteiger partial charge >= 0.3 is 0 Å². The molecular weight excluding hydrogens is 327 g/mol. The summed E-state index contributed by atoms with van der Waals surface area (Å²) in [5.41, 5.74) is 3.11. The molecule has 17 heavy (non-hydrogen) atoms. The van der Waals surface area contributed by atoms with Gasteiger partial charge in [-0.1, -0.05) is 18.2 Å². The van der Waals surface area contributed by atoms with Gasteiger partial charge < -0.3 is 4.98 Å². The van der Waals surface area contributed by atoms with Crippen LogP contribution in [0.5, 0.6) is 0 Å². The summed E-state index contributed by atoms with van der Waals surface area (Å²) in [5.74, 6) is 0.740. The van der Waals surface area contributed by atoms with E-state index in [9.17, 15) is 0 Å². The molecular formula is C12H7IN4. The molecule has 4 rings (SSSR count). The highest BCUT2D eigenvalue weighted by Crippen LogP contribution is 2.26. The van der Waals surface area contributed by atoms with Gasteiger partial charge in [-0.25, -0.2) is 9.97 Å². The number of imidazole rings is 1. The van der Waals surface area contributed by atoms with E-state index in [4.69, 9.17) is 0 Å². The number of benzene rings is 1. The second-order valence-corrected chi connectivity index (χ2v) is 4.99. The topological polar surface area (TPSA) is 46.0 Å². The zero-order valence-corrected chi connectivity index (χ0v) is 10.8. The first-order valence-corrected chi connectivity index (χ1v) is 6.32. The van der Waals surface area contributed by atoms with E-state index in [1.807, 2.05) is 22.6 Å². The normalized spacial score (nSPS) is 11.8. The molecule has 0 amide bonds. The van der Waals surface area contributed by atoms with Crippen LogP contribution in [0.2, 0.25) is 0 Å². The number of halogens is 1. The fourth-order valence-corrected chi connectivity index (χ4v) is 2.78. The summed E-state index contributed by atoms with van der Waals surface area (Å²) in [6, 6.07) is 10.2. The molecule has 0 unspecified atom stereocenters. The van der Waals surface area contributed by atoms with Crippen LogP contribution in [0.25, 0.3) is 27.8 Å². The fourth-order valence-electron chi connectivity index (χ4n) is 2.17. The molecule has 0 radical (unpaired) electrons. The Labute approximate surface area is 110 Å². The second kappa shape index (κ2) is 3.19. The quantitative estimate of drug-likeness (QED) is 0.397. The van der Waals surface area contributed by atoms with E-state index in [1.54, 1.807) is 6.20 Å². The van der Waals surface area contributed by atoms with Gasteiger partial charge in [0, 0.05) is 17.1 Å². The van der Waals surface area contributed by atoms with Crippen LogP contribution in [0.15, 0.2) is 36.5 Å². The molecule has 0 atom stereocenters. The van der Waals surface area contributed by atoms with Gasteiger partial charge in [0.25, 0.3) is 0 Å². The monoisotopic (exact) mass is 334 g/mol. The molecule has 0 spiro atoms. The lowest BCUT2D eigenvalue weighted by Gasteiger charge is -1.95. The number of fused-ring (bicyclic) bond motifs is 5. The van der Waals surface area contributed by atoms with Crippen LogP contribution in [-0.4, -0.2) is 19.4 Å². The molecule has 1 N–H and O–H groups in total. The number of aromatic amines is 1. The maximum absolute atomic E-state index is 4.58. The molecule has 0 aliphatic heterocycles. The number of para-hydroxylation sites is 1. The third kappa shape index (κ3) is 1.17. The van der Waals surface area contributed by atoms with E-state index >= 15 is 0 Å². The van der Waals surface area contributed by atoms with Crippen LogP contribution in [-0.2, 0) is 0 Å². The molecule has 5 heteroatoms. The Hall–Kier alpha value is -1.63. The van der Waals surface area contributed by atoms with Crippen LogP contribution < -0.4 is 0 Å². The summed E-state index contributed by atoms with van der Waals surface area (Å²) >= 11 is 2.29. The largest absolute Gasteiger partial charge is 0.339 e. The number of hydrogen-bond acceptors (Lipinski definition) is 2. The zero-order valence-electron chi connectivity index (χ0n) is 8.68. The summed E-state index contributed by atoms with van der Waals surface area (Å²) in [7, 11) is 0. The van der Waals surface area contributed by atoms with Crippen molar-refractivity contribution in [1.82, 2.24) is 19.4 Å².